The molecule has 0 unspecified atom stereocenters. The molecule has 5 heteroatoms. The Kier molecular flexibility index (Phi) is 5.47. The summed E-state index contributed by atoms with van der Waals surface area (Å²) in [6.45, 7) is 2.11. The van der Waals surface area contributed by atoms with Gasteiger partial charge in [0.15, 0.2) is 0 Å². The van der Waals surface area contributed by atoms with Crippen LogP contribution >= 0.6 is 43.5 Å². The Hall–Kier alpha value is -0.580. The number of benzene rings is 2. The molecule has 0 radical (unpaired) electrons. The molecule has 0 aromatic heterocycles. The molecule has 2 rings (SSSR count). The maximum atomic E-state index is 13.8. The molecule has 0 bridgehead atoms. The van der Waals surface area contributed by atoms with Crippen molar-refractivity contribution in [1.82, 2.24) is 0 Å². The van der Waals surface area contributed by atoms with Gasteiger partial charge in [-0.1, -0.05) is 55.6 Å². The van der Waals surface area contributed by atoms with Gasteiger partial charge in [-0.05, 0) is 30.7 Å². The van der Waals surface area contributed by atoms with E-state index in [1.807, 2.05) is 19.1 Å². The zero-order valence-electron chi connectivity index (χ0n) is 10.7. The molecular weight excluding hydrogens is 410 g/mol. The number of alkyl halides is 1. The van der Waals surface area contributed by atoms with Crippen LogP contribution in [0.3, 0.4) is 0 Å². The van der Waals surface area contributed by atoms with Gasteiger partial charge in [0.05, 0.1) is 5.02 Å². The van der Waals surface area contributed by atoms with E-state index in [9.17, 15) is 4.39 Å². The normalized spacial score (nSPS) is 10.7. The van der Waals surface area contributed by atoms with Crippen LogP contribution in [0, 0.1) is 12.7 Å². The predicted octanol–water partition coefficient (Wildman–Crippen LogP) is 6.02. The highest BCUT2D eigenvalue weighted by atomic mass is 79.9. The highest BCUT2D eigenvalue weighted by molar-refractivity contribution is 9.10. The van der Waals surface area contributed by atoms with Gasteiger partial charge in [-0.15, -0.1) is 0 Å². The second-order valence-electron chi connectivity index (χ2n) is 4.35. The summed E-state index contributed by atoms with van der Waals surface area (Å²) in [5, 5.41) is 0.778. The van der Waals surface area contributed by atoms with E-state index >= 15 is 0 Å². The largest absolute Gasteiger partial charge is 0.488 e. The number of ether oxygens (including phenoxy) is 1. The standard InChI is InChI=1S/C15H12Br2ClFO/c1-9-5-12(17)6-11(7-16)15(9)20-8-10-3-2-4-13(18)14(10)19/h2-6H,7-8H2,1H3. The van der Waals surface area contributed by atoms with Crippen molar-refractivity contribution in [3.05, 3.63) is 62.3 Å². The minimum Gasteiger partial charge on any atom is -0.488 e. The van der Waals surface area contributed by atoms with Crippen LogP contribution in [0.15, 0.2) is 34.8 Å². The van der Waals surface area contributed by atoms with Crippen molar-refractivity contribution >= 4 is 43.5 Å². The number of aryl methyl sites for hydroxylation is 1. The van der Waals surface area contributed by atoms with Crippen LogP contribution in [0.25, 0.3) is 0 Å². The van der Waals surface area contributed by atoms with Gasteiger partial charge in [-0.25, -0.2) is 4.39 Å². The van der Waals surface area contributed by atoms with Gasteiger partial charge in [0.1, 0.15) is 18.2 Å². The topological polar surface area (TPSA) is 9.23 Å². The molecule has 0 saturated heterocycles. The summed E-state index contributed by atoms with van der Waals surface area (Å²) in [4.78, 5) is 0. The number of hydrogen-bond acceptors (Lipinski definition) is 1. The summed E-state index contributed by atoms with van der Waals surface area (Å²) >= 11 is 12.6. The number of halogens is 4. The van der Waals surface area contributed by atoms with Gasteiger partial charge < -0.3 is 4.74 Å². The first-order valence-corrected chi connectivity index (χ1v) is 8.23. The molecule has 0 spiro atoms. The van der Waals surface area contributed by atoms with Crippen molar-refractivity contribution in [1.29, 1.82) is 0 Å². The predicted molar refractivity (Wildman–Crippen MR) is 87.3 cm³/mol. The van der Waals surface area contributed by atoms with Crippen LogP contribution in [-0.2, 0) is 11.9 Å². The van der Waals surface area contributed by atoms with Crippen molar-refractivity contribution in [3.8, 4) is 5.75 Å². The molecule has 0 aliphatic heterocycles. The Morgan fingerprint density at radius 1 is 1.25 bits per heavy atom. The lowest BCUT2D eigenvalue weighted by atomic mass is 10.1. The quantitative estimate of drug-likeness (QED) is 0.547. The van der Waals surface area contributed by atoms with Gasteiger partial charge in [0, 0.05) is 20.9 Å². The molecule has 0 heterocycles. The summed E-state index contributed by atoms with van der Waals surface area (Å²) in [6, 6.07) is 8.85. The van der Waals surface area contributed by atoms with Crippen molar-refractivity contribution in [2.24, 2.45) is 0 Å². The van der Waals surface area contributed by atoms with Gasteiger partial charge in [-0.2, -0.15) is 0 Å². The van der Waals surface area contributed by atoms with E-state index in [2.05, 4.69) is 31.9 Å². The fraction of sp³-hybridized carbons (Fsp3) is 0.200. The summed E-state index contributed by atoms with van der Waals surface area (Å²) in [7, 11) is 0. The minimum atomic E-state index is -0.427. The monoisotopic (exact) mass is 420 g/mol. The molecule has 0 fully saturated rings. The fourth-order valence-electron chi connectivity index (χ4n) is 1.91. The van der Waals surface area contributed by atoms with Crippen LogP contribution in [0.2, 0.25) is 5.02 Å². The molecule has 0 aliphatic rings. The van der Waals surface area contributed by atoms with E-state index in [0.29, 0.717) is 10.9 Å². The van der Waals surface area contributed by atoms with E-state index in [0.717, 1.165) is 21.3 Å². The first-order valence-electron chi connectivity index (χ1n) is 5.93. The fourth-order valence-corrected chi connectivity index (χ4v) is 3.15. The highest BCUT2D eigenvalue weighted by Crippen LogP contribution is 2.31. The summed E-state index contributed by atoms with van der Waals surface area (Å²) in [5.74, 6) is 0.341. The van der Waals surface area contributed by atoms with Gasteiger partial charge in [-0.3, -0.25) is 0 Å². The van der Waals surface area contributed by atoms with Crippen LogP contribution in [0.5, 0.6) is 5.75 Å². The molecule has 20 heavy (non-hydrogen) atoms. The van der Waals surface area contributed by atoms with E-state index in [1.54, 1.807) is 12.1 Å². The zero-order valence-corrected chi connectivity index (χ0v) is 14.6. The lowest BCUT2D eigenvalue weighted by molar-refractivity contribution is 0.295. The average molecular weight is 423 g/mol. The van der Waals surface area contributed by atoms with Crippen LogP contribution in [-0.4, -0.2) is 0 Å². The Bertz CT molecular complexity index is 632. The van der Waals surface area contributed by atoms with Gasteiger partial charge in [0.2, 0.25) is 0 Å². The average Bonchev–Trinajstić information content (AvgIpc) is 2.41. The molecule has 0 amide bonds. The smallest absolute Gasteiger partial charge is 0.148 e. The molecule has 1 nitrogen and oxygen atoms in total. The van der Waals surface area contributed by atoms with Crippen molar-refractivity contribution in [3.63, 3.8) is 0 Å². The SMILES string of the molecule is Cc1cc(Br)cc(CBr)c1OCc1cccc(Cl)c1F. The molecular formula is C15H12Br2ClFO. The third-order valence-corrected chi connectivity index (χ3v) is 4.22. The van der Waals surface area contributed by atoms with Gasteiger partial charge >= 0.3 is 0 Å². The van der Waals surface area contributed by atoms with Crippen molar-refractivity contribution in [2.75, 3.05) is 0 Å². The molecule has 106 valence electrons. The van der Waals surface area contributed by atoms with Crippen LogP contribution in [0.1, 0.15) is 16.7 Å². The first kappa shape index (κ1) is 15.8. The maximum absolute atomic E-state index is 13.8. The van der Waals surface area contributed by atoms with E-state index in [4.69, 9.17) is 16.3 Å². The number of rotatable bonds is 4. The molecule has 0 N–H and O–H groups in total. The van der Waals surface area contributed by atoms with E-state index < -0.39 is 5.82 Å². The Labute approximate surface area is 139 Å². The van der Waals surface area contributed by atoms with Gasteiger partial charge in [0.25, 0.3) is 0 Å². The highest BCUT2D eigenvalue weighted by Gasteiger charge is 2.11. The summed E-state index contributed by atoms with van der Waals surface area (Å²) in [6.07, 6.45) is 0. The lowest BCUT2D eigenvalue weighted by Crippen LogP contribution is -2.02. The summed E-state index contributed by atoms with van der Waals surface area (Å²) < 4.78 is 20.6. The number of hydrogen-bond donors (Lipinski definition) is 0. The molecule has 2 aromatic rings. The lowest BCUT2D eigenvalue weighted by Gasteiger charge is -2.14. The minimum absolute atomic E-state index is 0.111. The van der Waals surface area contributed by atoms with E-state index in [-0.39, 0.29) is 11.6 Å². The third-order valence-electron chi connectivity index (χ3n) is 2.86. The maximum Gasteiger partial charge on any atom is 0.148 e. The molecule has 2 aromatic carbocycles. The van der Waals surface area contributed by atoms with Crippen LogP contribution < -0.4 is 4.74 Å². The Balaban J connectivity index is 2.25. The molecule has 0 aliphatic carbocycles. The second kappa shape index (κ2) is 6.92. The third kappa shape index (κ3) is 3.54. The zero-order chi connectivity index (χ0) is 14.7. The Morgan fingerprint density at radius 2 is 2.00 bits per heavy atom. The molecule has 0 atom stereocenters. The van der Waals surface area contributed by atoms with Crippen molar-refractivity contribution in [2.45, 2.75) is 18.9 Å². The van der Waals surface area contributed by atoms with Crippen LogP contribution in [0.4, 0.5) is 4.39 Å². The molecule has 0 saturated carbocycles. The van der Waals surface area contributed by atoms with Crippen molar-refractivity contribution < 1.29 is 9.13 Å². The van der Waals surface area contributed by atoms with E-state index in [1.165, 1.54) is 6.07 Å². The second-order valence-corrected chi connectivity index (χ2v) is 6.23. The summed E-state index contributed by atoms with van der Waals surface area (Å²) in [5.41, 5.74) is 2.45. The Morgan fingerprint density at radius 3 is 2.70 bits per heavy atom. The first-order chi connectivity index (χ1) is 9.52.